The number of methoxy groups -OCH3 is 1. The molecule has 1 amide bonds. The van der Waals surface area contributed by atoms with Gasteiger partial charge in [-0.1, -0.05) is 0 Å². The molecule has 6 heteroatoms. The summed E-state index contributed by atoms with van der Waals surface area (Å²) in [5, 5.41) is 2.83. The number of ether oxygens (including phenoxy) is 2. The van der Waals surface area contributed by atoms with E-state index in [1.54, 1.807) is 13.2 Å². The Morgan fingerprint density at radius 2 is 2.26 bits per heavy atom. The Hall–Kier alpha value is -1.53. The van der Waals surface area contributed by atoms with Crippen LogP contribution < -0.4 is 11.1 Å². The Kier molecular flexibility index (Phi) is 4.81. The molecular weight excluding hydrogens is 246 g/mol. The minimum absolute atomic E-state index is 0.0982. The Balaban J connectivity index is 1.76. The van der Waals surface area contributed by atoms with Crippen molar-refractivity contribution in [3.05, 3.63) is 18.0 Å². The zero-order chi connectivity index (χ0) is 13.7. The monoisotopic (exact) mass is 267 g/mol. The van der Waals surface area contributed by atoms with E-state index in [2.05, 4.69) is 5.32 Å². The van der Waals surface area contributed by atoms with E-state index in [-0.39, 0.29) is 5.91 Å². The highest BCUT2D eigenvalue weighted by atomic mass is 16.5. The maximum absolute atomic E-state index is 12.0. The summed E-state index contributed by atoms with van der Waals surface area (Å²) < 4.78 is 12.1. The van der Waals surface area contributed by atoms with E-state index in [9.17, 15) is 4.79 Å². The first-order valence-electron chi connectivity index (χ1n) is 6.54. The number of aromatic nitrogens is 1. The van der Waals surface area contributed by atoms with Crippen molar-refractivity contribution in [2.24, 2.45) is 0 Å². The van der Waals surface area contributed by atoms with Crippen LogP contribution in [-0.4, -0.2) is 43.9 Å². The summed E-state index contributed by atoms with van der Waals surface area (Å²) in [4.78, 5) is 12.0. The molecule has 1 saturated carbocycles. The topological polar surface area (TPSA) is 78.5 Å². The first kappa shape index (κ1) is 13.9. The van der Waals surface area contributed by atoms with Crippen LogP contribution >= 0.6 is 0 Å². The lowest BCUT2D eigenvalue weighted by atomic mass is 10.3. The van der Waals surface area contributed by atoms with Crippen LogP contribution in [-0.2, 0) is 9.47 Å². The molecule has 0 aliphatic heterocycles. The molecule has 0 radical (unpaired) electrons. The summed E-state index contributed by atoms with van der Waals surface area (Å²) in [5.74, 6) is -0.0982. The molecule has 1 aromatic rings. The van der Waals surface area contributed by atoms with Crippen LogP contribution in [0.2, 0.25) is 0 Å². The zero-order valence-electron chi connectivity index (χ0n) is 11.2. The highest BCUT2D eigenvalue weighted by Gasteiger charge is 2.27. The summed E-state index contributed by atoms with van der Waals surface area (Å²) in [6, 6.07) is 2.16. The molecule has 1 aliphatic carbocycles. The van der Waals surface area contributed by atoms with Gasteiger partial charge in [-0.05, 0) is 18.9 Å². The fourth-order valence-electron chi connectivity index (χ4n) is 1.91. The second kappa shape index (κ2) is 6.58. The fraction of sp³-hybridized carbons (Fsp3) is 0.615. The van der Waals surface area contributed by atoms with E-state index in [0.717, 1.165) is 12.8 Å². The number of nitrogens with one attached hydrogen (secondary N) is 1. The Morgan fingerprint density at radius 3 is 2.95 bits per heavy atom. The van der Waals surface area contributed by atoms with Gasteiger partial charge in [0.1, 0.15) is 5.69 Å². The van der Waals surface area contributed by atoms with Crippen LogP contribution in [0.1, 0.15) is 29.4 Å². The van der Waals surface area contributed by atoms with Crippen molar-refractivity contribution in [1.29, 1.82) is 0 Å². The number of nitrogens with two attached hydrogens (primary N) is 1. The number of hydrogen-bond donors (Lipinski definition) is 2. The van der Waals surface area contributed by atoms with Crippen molar-refractivity contribution >= 4 is 11.6 Å². The van der Waals surface area contributed by atoms with Crippen LogP contribution in [0.5, 0.6) is 0 Å². The maximum Gasteiger partial charge on any atom is 0.268 e. The van der Waals surface area contributed by atoms with Gasteiger partial charge >= 0.3 is 0 Å². The van der Waals surface area contributed by atoms with Gasteiger partial charge in [0, 0.05) is 25.9 Å². The Labute approximate surface area is 112 Å². The minimum Gasteiger partial charge on any atom is -0.397 e. The molecule has 0 spiro atoms. The molecule has 0 aromatic carbocycles. The zero-order valence-corrected chi connectivity index (χ0v) is 11.2. The molecule has 1 fully saturated rings. The lowest BCUT2D eigenvalue weighted by Crippen LogP contribution is -2.29. The molecular formula is C13H21N3O3. The largest absolute Gasteiger partial charge is 0.397 e. The SMILES string of the molecule is COCCOCCNC(=O)c1cc(N)cn1C1CC1. The van der Waals surface area contributed by atoms with Gasteiger partial charge < -0.3 is 25.1 Å². The summed E-state index contributed by atoms with van der Waals surface area (Å²) >= 11 is 0. The van der Waals surface area contributed by atoms with Gasteiger partial charge in [-0.2, -0.15) is 0 Å². The van der Waals surface area contributed by atoms with Gasteiger partial charge in [0.15, 0.2) is 0 Å². The van der Waals surface area contributed by atoms with Crippen LogP contribution in [0, 0.1) is 0 Å². The van der Waals surface area contributed by atoms with Gasteiger partial charge in [-0.3, -0.25) is 4.79 Å². The first-order chi connectivity index (χ1) is 9.22. The molecule has 19 heavy (non-hydrogen) atoms. The lowest BCUT2D eigenvalue weighted by Gasteiger charge is -2.08. The third-order valence-corrected chi connectivity index (χ3v) is 3.01. The number of carbonyl (C=O) groups is 1. The second-order valence-electron chi connectivity index (χ2n) is 4.66. The lowest BCUT2D eigenvalue weighted by molar-refractivity contribution is 0.0691. The van der Waals surface area contributed by atoms with Crippen LogP contribution in [0.25, 0.3) is 0 Å². The van der Waals surface area contributed by atoms with Crippen molar-refractivity contribution in [2.75, 3.05) is 39.2 Å². The number of nitrogen functional groups attached to an aromatic ring is 1. The van der Waals surface area contributed by atoms with Crippen LogP contribution in [0.15, 0.2) is 12.3 Å². The molecule has 1 heterocycles. The molecule has 6 nitrogen and oxygen atoms in total. The summed E-state index contributed by atoms with van der Waals surface area (Å²) in [7, 11) is 1.63. The van der Waals surface area contributed by atoms with E-state index in [4.69, 9.17) is 15.2 Å². The van der Waals surface area contributed by atoms with Crippen molar-refractivity contribution in [3.8, 4) is 0 Å². The third-order valence-electron chi connectivity index (χ3n) is 3.01. The predicted octanol–water partition coefficient (Wildman–Crippen LogP) is 0.798. The molecule has 1 aromatic heterocycles. The van der Waals surface area contributed by atoms with Crippen LogP contribution in [0.3, 0.4) is 0 Å². The average molecular weight is 267 g/mol. The van der Waals surface area contributed by atoms with Crippen molar-refractivity contribution in [1.82, 2.24) is 9.88 Å². The van der Waals surface area contributed by atoms with Gasteiger partial charge in [-0.15, -0.1) is 0 Å². The van der Waals surface area contributed by atoms with Crippen molar-refractivity contribution in [2.45, 2.75) is 18.9 Å². The van der Waals surface area contributed by atoms with Gasteiger partial charge in [0.25, 0.3) is 5.91 Å². The molecule has 106 valence electrons. The first-order valence-corrected chi connectivity index (χ1v) is 6.54. The van der Waals surface area contributed by atoms with Crippen molar-refractivity contribution in [3.63, 3.8) is 0 Å². The highest BCUT2D eigenvalue weighted by Crippen LogP contribution is 2.37. The molecule has 0 saturated heterocycles. The highest BCUT2D eigenvalue weighted by molar-refractivity contribution is 5.93. The normalized spacial score (nSPS) is 14.6. The molecule has 3 N–H and O–H groups in total. The van der Waals surface area contributed by atoms with E-state index in [0.29, 0.717) is 43.8 Å². The van der Waals surface area contributed by atoms with Crippen molar-refractivity contribution < 1.29 is 14.3 Å². The van der Waals surface area contributed by atoms with E-state index >= 15 is 0 Å². The molecule has 1 aliphatic rings. The van der Waals surface area contributed by atoms with Gasteiger partial charge in [0.05, 0.1) is 25.5 Å². The smallest absolute Gasteiger partial charge is 0.268 e. The Bertz CT molecular complexity index is 427. The quantitative estimate of drug-likeness (QED) is 0.683. The number of hydrogen-bond acceptors (Lipinski definition) is 4. The predicted molar refractivity (Wildman–Crippen MR) is 72.1 cm³/mol. The maximum atomic E-state index is 12.0. The van der Waals surface area contributed by atoms with E-state index in [1.807, 2.05) is 10.8 Å². The Morgan fingerprint density at radius 1 is 1.47 bits per heavy atom. The summed E-state index contributed by atoms with van der Waals surface area (Å²) in [6.45, 7) is 2.07. The minimum atomic E-state index is -0.0982. The van der Waals surface area contributed by atoms with E-state index in [1.165, 1.54) is 0 Å². The van der Waals surface area contributed by atoms with Crippen LogP contribution in [0.4, 0.5) is 5.69 Å². The summed E-state index contributed by atoms with van der Waals surface area (Å²) in [6.07, 6.45) is 4.07. The number of anilines is 1. The molecule has 0 unspecified atom stereocenters. The second-order valence-corrected chi connectivity index (χ2v) is 4.66. The molecule has 0 atom stereocenters. The number of rotatable bonds is 8. The number of amides is 1. The van der Waals surface area contributed by atoms with E-state index < -0.39 is 0 Å². The standard InChI is InChI=1S/C13H21N3O3/c1-18-6-7-19-5-4-15-13(17)12-8-10(14)9-16(12)11-2-3-11/h8-9,11H,2-7,14H2,1H3,(H,15,17). The summed E-state index contributed by atoms with van der Waals surface area (Å²) in [5.41, 5.74) is 7.02. The average Bonchev–Trinajstić information content (AvgIpc) is 3.16. The number of nitrogens with zero attached hydrogens (tertiary/aromatic N) is 1. The molecule has 2 rings (SSSR count). The third kappa shape index (κ3) is 3.97. The van der Waals surface area contributed by atoms with Gasteiger partial charge in [0.2, 0.25) is 0 Å². The van der Waals surface area contributed by atoms with Gasteiger partial charge in [-0.25, -0.2) is 0 Å². The fourth-order valence-corrected chi connectivity index (χ4v) is 1.91. The molecule has 0 bridgehead atoms. The number of carbonyl (C=O) groups excluding carboxylic acids is 1.